The summed E-state index contributed by atoms with van der Waals surface area (Å²) in [5.41, 5.74) is 1.97. The Bertz CT molecular complexity index is 1310. The number of hydrogen-bond donors (Lipinski definition) is 2. The number of para-hydroxylation sites is 1. The number of aromatic amines is 1. The van der Waals surface area contributed by atoms with Crippen molar-refractivity contribution < 1.29 is 19.2 Å². The maximum absolute atomic E-state index is 11.5. The number of fused-ring (bicyclic) bond motifs is 3. The average molecular weight is 409 g/mol. The Morgan fingerprint density at radius 1 is 1.24 bits per heavy atom. The van der Waals surface area contributed by atoms with Crippen LogP contribution in [0.5, 0.6) is 0 Å². The van der Waals surface area contributed by atoms with E-state index in [1.54, 1.807) is 0 Å². The summed E-state index contributed by atoms with van der Waals surface area (Å²) in [5, 5.41) is 29.2. The average Bonchev–Trinajstić information content (AvgIpc) is 3.31. The molecule has 0 fully saturated rings. The number of carbonyl (C=O) groups is 1. The zero-order chi connectivity index (χ0) is 20.4. The molecule has 1 aromatic carbocycles. The Labute approximate surface area is 166 Å². The van der Waals surface area contributed by atoms with Crippen LogP contribution in [0.2, 0.25) is 0 Å². The summed E-state index contributed by atoms with van der Waals surface area (Å²) in [5.74, 6) is -1.35. The van der Waals surface area contributed by atoms with Crippen molar-refractivity contribution in [2.45, 2.75) is 5.16 Å². The largest absolute Gasteiger partial charge is 0.477 e. The van der Waals surface area contributed by atoms with Gasteiger partial charge in [0.1, 0.15) is 21.1 Å². The first-order chi connectivity index (χ1) is 14.0. The van der Waals surface area contributed by atoms with Crippen molar-refractivity contribution in [1.29, 1.82) is 0 Å². The highest BCUT2D eigenvalue weighted by molar-refractivity contribution is 8.03. The summed E-state index contributed by atoms with van der Waals surface area (Å²) in [7, 11) is 0. The number of furan rings is 1. The number of nitro groups is 1. The van der Waals surface area contributed by atoms with Gasteiger partial charge in [-0.15, -0.1) is 10.2 Å². The van der Waals surface area contributed by atoms with Gasteiger partial charge < -0.3 is 14.5 Å². The number of aromatic nitrogens is 4. The van der Waals surface area contributed by atoms with Gasteiger partial charge in [-0.3, -0.25) is 10.1 Å². The second-order valence-electron chi connectivity index (χ2n) is 5.69. The fraction of sp³-hybridized carbons (Fsp3) is 0. The number of carboxylic acid groups (broad SMARTS) is 1. The van der Waals surface area contributed by atoms with Crippen LogP contribution < -0.4 is 0 Å². The van der Waals surface area contributed by atoms with Gasteiger partial charge in [-0.05, 0) is 36.0 Å². The third-order valence-electron chi connectivity index (χ3n) is 3.82. The number of hydrogen-bond acceptors (Lipinski definition) is 8. The van der Waals surface area contributed by atoms with E-state index in [2.05, 4.69) is 20.2 Å². The summed E-state index contributed by atoms with van der Waals surface area (Å²) in [6, 6.07) is 10.2. The van der Waals surface area contributed by atoms with E-state index in [1.807, 2.05) is 24.3 Å². The molecule has 4 rings (SSSR count). The van der Waals surface area contributed by atoms with Crippen molar-refractivity contribution in [2.75, 3.05) is 0 Å². The second-order valence-corrected chi connectivity index (χ2v) is 6.70. The normalized spacial score (nSPS) is 12.2. The van der Waals surface area contributed by atoms with Crippen LogP contribution in [0.3, 0.4) is 0 Å². The molecule has 0 spiro atoms. The minimum absolute atomic E-state index is 0.0560. The molecule has 0 saturated heterocycles. The molecule has 0 radical (unpaired) electrons. The van der Waals surface area contributed by atoms with E-state index in [4.69, 9.17) is 4.42 Å². The van der Waals surface area contributed by atoms with E-state index in [1.165, 1.54) is 30.4 Å². The summed E-state index contributed by atoms with van der Waals surface area (Å²) < 4.78 is 4.97. The molecule has 10 nitrogen and oxygen atoms in total. The van der Waals surface area contributed by atoms with Crippen LogP contribution in [0.4, 0.5) is 5.88 Å². The van der Waals surface area contributed by atoms with Crippen LogP contribution in [-0.2, 0) is 4.79 Å². The van der Waals surface area contributed by atoms with Crippen molar-refractivity contribution >= 4 is 51.8 Å². The van der Waals surface area contributed by atoms with Gasteiger partial charge in [0.2, 0.25) is 5.16 Å². The van der Waals surface area contributed by atoms with Crippen LogP contribution in [0.25, 0.3) is 28.1 Å². The van der Waals surface area contributed by atoms with Gasteiger partial charge in [0.25, 0.3) is 0 Å². The molecule has 4 aromatic rings. The van der Waals surface area contributed by atoms with E-state index in [0.717, 1.165) is 22.7 Å². The fourth-order valence-corrected chi connectivity index (χ4v) is 3.21. The lowest BCUT2D eigenvalue weighted by molar-refractivity contribution is -0.402. The highest BCUT2D eigenvalue weighted by Crippen LogP contribution is 2.27. The quantitative estimate of drug-likeness (QED) is 0.159. The molecule has 29 heavy (non-hydrogen) atoms. The van der Waals surface area contributed by atoms with Crippen LogP contribution in [0, 0.1) is 10.1 Å². The minimum Gasteiger partial charge on any atom is -0.477 e. The van der Waals surface area contributed by atoms with Crippen LogP contribution >= 0.6 is 11.8 Å². The van der Waals surface area contributed by atoms with Crippen LogP contribution in [0.1, 0.15) is 5.76 Å². The van der Waals surface area contributed by atoms with E-state index >= 15 is 0 Å². The summed E-state index contributed by atoms with van der Waals surface area (Å²) in [4.78, 5) is 28.9. The second kappa shape index (κ2) is 7.56. The van der Waals surface area contributed by atoms with E-state index in [-0.39, 0.29) is 15.8 Å². The molecule has 0 aliphatic rings. The molecular formula is C18H11N5O5S. The molecular weight excluding hydrogens is 398 g/mol. The van der Waals surface area contributed by atoms with Crippen molar-refractivity contribution in [3.8, 4) is 0 Å². The molecule has 0 bridgehead atoms. The highest BCUT2D eigenvalue weighted by Gasteiger charge is 2.14. The van der Waals surface area contributed by atoms with E-state index in [0.29, 0.717) is 11.2 Å². The zero-order valence-corrected chi connectivity index (χ0v) is 15.3. The summed E-state index contributed by atoms with van der Waals surface area (Å²) in [6.07, 6.45) is 4.14. The molecule has 144 valence electrons. The topological polar surface area (TPSA) is 148 Å². The minimum atomic E-state index is -1.18. The van der Waals surface area contributed by atoms with Gasteiger partial charge >= 0.3 is 11.9 Å². The highest BCUT2D eigenvalue weighted by atomic mass is 32.2. The van der Waals surface area contributed by atoms with Gasteiger partial charge in [0.15, 0.2) is 5.65 Å². The van der Waals surface area contributed by atoms with Crippen LogP contribution in [-0.4, -0.2) is 36.2 Å². The zero-order valence-electron chi connectivity index (χ0n) is 14.5. The predicted octanol–water partition coefficient (Wildman–Crippen LogP) is 3.78. The smallest absolute Gasteiger partial charge is 0.433 e. The Balaban J connectivity index is 1.58. The first kappa shape index (κ1) is 18.4. The third-order valence-corrected chi connectivity index (χ3v) is 4.70. The number of rotatable bonds is 6. The lowest BCUT2D eigenvalue weighted by Gasteiger charge is -1.99. The number of nitrogens with one attached hydrogen (secondary N) is 1. The van der Waals surface area contributed by atoms with Gasteiger partial charge in [-0.2, -0.15) is 0 Å². The first-order valence-corrected chi connectivity index (χ1v) is 8.98. The number of benzene rings is 1. The fourth-order valence-electron chi connectivity index (χ4n) is 2.56. The molecule has 0 atom stereocenters. The van der Waals surface area contributed by atoms with Crippen LogP contribution in [0.15, 0.2) is 63.0 Å². The van der Waals surface area contributed by atoms with Crippen molar-refractivity contribution in [1.82, 2.24) is 20.2 Å². The summed E-state index contributed by atoms with van der Waals surface area (Å²) >= 11 is 0.834. The maximum atomic E-state index is 11.5. The van der Waals surface area contributed by atoms with Crippen molar-refractivity contribution in [2.24, 2.45) is 0 Å². The Morgan fingerprint density at radius 3 is 2.83 bits per heavy atom. The number of allylic oxidation sites excluding steroid dienone is 2. The number of H-pyrrole nitrogens is 1. The SMILES string of the molecule is O=C(O)/C(=C/C=C/c1ccc([N+](=O)[O-])o1)Sc1nnc2c(n1)[nH]c1ccccc12. The molecule has 0 aliphatic heterocycles. The third kappa shape index (κ3) is 3.84. The Kier molecular flexibility index (Phi) is 4.79. The number of carboxylic acids is 1. The van der Waals surface area contributed by atoms with Crippen molar-refractivity contribution in [3.05, 3.63) is 69.3 Å². The molecule has 0 amide bonds. The lowest BCUT2D eigenvalue weighted by atomic mass is 10.2. The maximum Gasteiger partial charge on any atom is 0.433 e. The van der Waals surface area contributed by atoms with Gasteiger partial charge in [-0.25, -0.2) is 9.78 Å². The van der Waals surface area contributed by atoms with Gasteiger partial charge in [-0.1, -0.05) is 24.3 Å². The standard InChI is InChI=1S/C18H11N5O5S/c24-17(25)13(7-3-4-10-8-9-14(28-10)23(26)27)29-18-20-16-15(21-22-18)11-5-1-2-6-12(11)19-16/h1-9H,(H,24,25)(H,19,20,22)/b4-3+,13-7-. The number of nitrogens with zero attached hydrogens (tertiary/aromatic N) is 4. The predicted molar refractivity (Wildman–Crippen MR) is 105 cm³/mol. The molecule has 11 heteroatoms. The van der Waals surface area contributed by atoms with E-state index < -0.39 is 16.8 Å². The number of aliphatic carboxylic acids is 1. The van der Waals surface area contributed by atoms with Gasteiger partial charge in [0, 0.05) is 10.9 Å². The summed E-state index contributed by atoms with van der Waals surface area (Å²) in [6.45, 7) is 0. The van der Waals surface area contributed by atoms with E-state index in [9.17, 15) is 20.0 Å². The molecule has 2 N–H and O–H groups in total. The Hall–Kier alpha value is -3.99. The molecule has 0 saturated carbocycles. The Morgan fingerprint density at radius 2 is 2.07 bits per heavy atom. The monoisotopic (exact) mass is 409 g/mol. The number of thioether (sulfide) groups is 1. The molecule has 3 heterocycles. The lowest BCUT2D eigenvalue weighted by Crippen LogP contribution is -1.99. The molecule has 0 unspecified atom stereocenters. The molecule has 3 aromatic heterocycles. The van der Waals surface area contributed by atoms with Crippen molar-refractivity contribution in [3.63, 3.8) is 0 Å². The van der Waals surface area contributed by atoms with Gasteiger partial charge in [0.05, 0.1) is 6.07 Å². The molecule has 0 aliphatic carbocycles. The first-order valence-electron chi connectivity index (χ1n) is 8.16.